The molecule has 1 aromatic rings. The van der Waals surface area contributed by atoms with Crippen LogP contribution in [0.5, 0.6) is 0 Å². The Hall–Kier alpha value is -0.846. The van der Waals surface area contributed by atoms with Crippen LogP contribution in [0.1, 0.15) is 81.7 Å². The van der Waals surface area contributed by atoms with Crippen molar-refractivity contribution in [3.8, 4) is 0 Å². The van der Waals surface area contributed by atoms with Crippen molar-refractivity contribution < 1.29 is 27.8 Å². The van der Waals surface area contributed by atoms with Gasteiger partial charge in [0.25, 0.3) is 0 Å². The van der Waals surface area contributed by atoms with Gasteiger partial charge in [-0.15, -0.1) is 6.58 Å². The minimum atomic E-state index is -2.31. The third-order valence-electron chi connectivity index (χ3n) is 10.4. The average Bonchev–Trinajstić information content (AvgIpc) is 3.11. The van der Waals surface area contributed by atoms with E-state index in [9.17, 15) is 0 Å². The van der Waals surface area contributed by atoms with Gasteiger partial charge in [-0.25, -0.2) is 0 Å². The number of rotatable bonds is 19. The van der Waals surface area contributed by atoms with Gasteiger partial charge in [-0.1, -0.05) is 113 Å². The van der Waals surface area contributed by atoms with Crippen LogP contribution in [-0.4, -0.2) is 67.7 Å². The Labute approximate surface area is 272 Å². The van der Waals surface area contributed by atoms with Gasteiger partial charge in [0.05, 0.1) is 37.6 Å². The minimum absolute atomic E-state index is 0.0118. The van der Waals surface area contributed by atoms with Crippen molar-refractivity contribution in [2.45, 2.75) is 148 Å². The topological polar surface area (TPSA) is 55.4 Å². The van der Waals surface area contributed by atoms with Gasteiger partial charge in [0.2, 0.25) is 8.32 Å². The summed E-state index contributed by atoms with van der Waals surface area (Å²) in [5.41, 5.74) is 2.43. The third-order valence-corrected chi connectivity index (χ3v) is 21.1. The normalized spacial score (nSPS) is 25.9. The zero-order chi connectivity index (χ0) is 33.1. The summed E-state index contributed by atoms with van der Waals surface area (Å²) in [6, 6.07) is 13.6. The highest BCUT2D eigenvalue weighted by Gasteiger charge is 2.54. The van der Waals surface area contributed by atoms with Crippen LogP contribution in [0.4, 0.5) is 0 Å². The van der Waals surface area contributed by atoms with Crippen molar-refractivity contribution >= 4 is 16.6 Å². The fourth-order valence-electron chi connectivity index (χ4n) is 7.57. The van der Waals surface area contributed by atoms with Crippen LogP contribution >= 0.6 is 0 Å². The standard InChI is InChI=1S/C36H66O6Si2/c1-14-29(11)33-36(41-43(15-2,16-3)17-4)35(39-23-31-21-19-18-20-22-31)30(12)34(32(40-33)24-38-25-37-13)42-44(26(5)6,27(7)8)28(9)10/h14,18-22,26-30,32-36H,1,15-17,23-25H2,2-13H3/t29-,30+,32-,33+,34+,35-,36+/m0/s1. The van der Waals surface area contributed by atoms with Gasteiger partial charge < -0.3 is 27.8 Å². The molecule has 1 fully saturated rings. The minimum Gasteiger partial charge on any atom is -0.410 e. The second-order valence-corrected chi connectivity index (χ2v) is 24.0. The van der Waals surface area contributed by atoms with Crippen LogP contribution in [-0.2, 0) is 34.4 Å². The second-order valence-electron chi connectivity index (χ2n) is 13.9. The van der Waals surface area contributed by atoms with E-state index < -0.39 is 16.6 Å². The highest BCUT2D eigenvalue weighted by atomic mass is 28.4. The van der Waals surface area contributed by atoms with Gasteiger partial charge in [-0.3, -0.25) is 0 Å². The molecular formula is C36H66O6Si2. The molecule has 8 heteroatoms. The molecule has 1 aromatic carbocycles. The van der Waals surface area contributed by atoms with Gasteiger partial charge in [0.15, 0.2) is 8.32 Å². The lowest BCUT2D eigenvalue weighted by atomic mass is 9.88. The van der Waals surface area contributed by atoms with Gasteiger partial charge in [0, 0.05) is 18.9 Å². The molecule has 44 heavy (non-hydrogen) atoms. The Morgan fingerprint density at radius 2 is 1.41 bits per heavy atom. The second kappa shape index (κ2) is 18.5. The molecule has 1 aliphatic rings. The fraction of sp³-hybridized carbons (Fsp3) is 0.778. The van der Waals surface area contributed by atoms with Gasteiger partial charge in [-0.2, -0.15) is 0 Å². The van der Waals surface area contributed by atoms with Crippen molar-refractivity contribution in [2.24, 2.45) is 11.8 Å². The first-order chi connectivity index (χ1) is 20.9. The molecule has 0 amide bonds. The Bertz CT molecular complexity index is 908. The zero-order valence-corrected chi connectivity index (χ0v) is 32.1. The molecule has 0 bridgehead atoms. The molecule has 1 saturated heterocycles. The molecule has 0 radical (unpaired) electrons. The molecule has 1 aliphatic heterocycles. The molecule has 2 rings (SSSR count). The molecule has 1 heterocycles. The number of hydrogen-bond acceptors (Lipinski definition) is 6. The lowest BCUT2D eigenvalue weighted by molar-refractivity contribution is -0.150. The Morgan fingerprint density at radius 3 is 1.89 bits per heavy atom. The van der Waals surface area contributed by atoms with Gasteiger partial charge in [0.1, 0.15) is 12.9 Å². The first-order valence-electron chi connectivity index (χ1n) is 17.2. The average molecular weight is 651 g/mol. The third kappa shape index (κ3) is 9.37. The van der Waals surface area contributed by atoms with E-state index in [-0.39, 0.29) is 49.1 Å². The summed E-state index contributed by atoms with van der Waals surface area (Å²) in [7, 11) is -2.71. The predicted octanol–water partition coefficient (Wildman–Crippen LogP) is 9.37. The summed E-state index contributed by atoms with van der Waals surface area (Å²) in [6.07, 6.45) is 0.685. The molecule has 0 unspecified atom stereocenters. The SMILES string of the molecule is C=C[C@H](C)[C@H]1O[C@@H](COCOC)[C@H](O[Si](C(C)C)(C(C)C)C(C)C)[C@@H](C)[C@H](OCc2ccccc2)[C@@H]1O[Si](CC)(CC)CC. The molecule has 0 aromatic heterocycles. The van der Waals surface area contributed by atoms with Gasteiger partial charge >= 0.3 is 0 Å². The molecule has 6 nitrogen and oxygen atoms in total. The lowest BCUT2D eigenvalue weighted by Crippen LogP contribution is -2.56. The van der Waals surface area contributed by atoms with Gasteiger partial charge in [-0.05, 0) is 40.3 Å². The van der Waals surface area contributed by atoms with E-state index in [4.69, 9.17) is 27.8 Å². The van der Waals surface area contributed by atoms with Crippen molar-refractivity contribution in [2.75, 3.05) is 20.5 Å². The Balaban J connectivity index is 2.78. The monoisotopic (exact) mass is 650 g/mol. The number of methoxy groups -OCH3 is 1. The molecular weight excluding hydrogens is 585 g/mol. The summed E-state index contributed by atoms with van der Waals surface area (Å²) in [4.78, 5) is 0. The van der Waals surface area contributed by atoms with Crippen LogP contribution in [0.25, 0.3) is 0 Å². The van der Waals surface area contributed by atoms with Crippen LogP contribution < -0.4 is 0 Å². The Kier molecular flexibility index (Phi) is 16.5. The summed E-state index contributed by atoms with van der Waals surface area (Å²) >= 11 is 0. The number of ether oxygens (including phenoxy) is 4. The maximum Gasteiger partial charge on any atom is 0.200 e. The van der Waals surface area contributed by atoms with Crippen LogP contribution in [0.2, 0.25) is 34.8 Å². The summed E-state index contributed by atoms with van der Waals surface area (Å²) in [6.45, 7) is 30.6. The number of benzene rings is 1. The maximum absolute atomic E-state index is 7.64. The molecule has 7 atom stereocenters. The zero-order valence-electron chi connectivity index (χ0n) is 30.1. The summed E-state index contributed by atoms with van der Waals surface area (Å²) in [5, 5.41) is 0. The molecule has 0 aliphatic carbocycles. The first kappa shape index (κ1) is 39.3. The summed E-state index contributed by atoms with van der Waals surface area (Å²) < 4.78 is 40.7. The summed E-state index contributed by atoms with van der Waals surface area (Å²) in [5.74, 6) is 0.0283. The van der Waals surface area contributed by atoms with E-state index in [2.05, 4.69) is 107 Å². The van der Waals surface area contributed by atoms with Crippen LogP contribution in [0, 0.1) is 11.8 Å². The molecule has 0 saturated carbocycles. The van der Waals surface area contributed by atoms with Crippen molar-refractivity contribution in [1.82, 2.24) is 0 Å². The fourth-order valence-corrected chi connectivity index (χ4v) is 16.1. The molecule has 0 N–H and O–H groups in total. The smallest absolute Gasteiger partial charge is 0.200 e. The lowest BCUT2D eigenvalue weighted by Gasteiger charge is -2.47. The van der Waals surface area contributed by atoms with Crippen LogP contribution in [0.15, 0.2) is 43.0 Å². The van der Waals surface area contributed by atoms with Crippen molar-refractivity contribution in [3.63, 3.8) is 0 Å². The largest absolute Gasteiger partial charge is 0.410 e. The molecule has 0 spiro atoms. The maximum atomic E-state index is 7.64. The predicted molar refractivity (Wildman–Crippen MR) is 188 cm³/mol. The first-order valence-corrected chi connectivity index (χ1v) is 21.9. The highest BCUT2D eigenvalue weighted by molar-refractivity contribution is 6.77. The Morgan fingerprint density at radius 1 is 0.841 bits per heavy atom. The molecule has 254 valence electrons. The quantitative estimate of drug-likeness (QED) is 0.0644. The van der Waals surface area contributed by atoms with E-state index in [0.29, 0.717) is 29.8 Å². The van der Waals surface area contributed by atoms with E-state index >= 15 is 0 Å². The van der Waals surface area contributed by atoms with Crippen molar-refractivity contribution in [3.05, 3.63) is 48.6 Å². The van der Waals surface area contributed by atoms with E-state index in [0.717, 1.165) is 23.7 Å². The highest BCUT2D eigenvalue weighted by Crippen LogP contribution is 2.46. The van der Waals surface area contributed by atoms with Crippen LogP contribution in [0.3, 0.4) is 0 Å². The van der Waals surface area contributed by atoms with E-state index in [1.54, 1.807) is 7.11 Å². The van der Waals surface area contributed by atoms with E-state index in [1.165, 1.54) is 0 Å². The number of hydrogen-bond donors (Lipinski definition) is 0. The van der Waals surface area contributed by atoms with E-state index in [1.807, 2.05) is 12.1 Å². The van der Waals surface area contributed by atoms with Crippen molar-refractivity contribution in [1.29, 1.82) is 0 Å².